The van der Waals surface area contributed by atoms with Crippen molar-refractivity contribution in [3.05, 3.63) is 59.4 Å². The second-order valence-corrected chi connectivity index (χ2v) is 8.26. The molecule has 0 radical (unpaired) electrons. The van der Waals surface area contributed by atoms with Gasteiger partial charge in [0.25, 0.3) is 10.0 Å². The van der Waals surface area contributed by atoms with Crippen LogP contribution in [0.4, 0.5) is 5.69 Å². The molecular weight excluding hydrogens is 388 g/mol. The van der Waals surface area contributed by atoms with Crippen LogP contribution in [0.1, 0.15) is 25.5 Å². The fourth-order valence-electron chi connectivity index (χ4n) is 2.61. The van der Waals surface area contributed by atoms with Gasteiger partial charge in [-0.3, -0.25) is 4.72 Å². The molecule has 1 N–H and O–H groups in total. The van der Waals surface area contributed by atoms with Gasteiger partial charge in [0, 0.05) is 5.02 Å². The van der Waals surface area contributed by atoms with Crippen molar-refractivity contribution < 1.29 is 13.2 Å². The first-order chi connectivity index (χ1) is 12.8. The van der Waals surface area contributed by atoms with Crippen molar-refractivity contribution in [2.45, 2.75) is 24.7 Å². The normalized spacial score (nSPS) is 11.6. The highest BCUT2D eigenvalue weighted by molar-refractivity contribution is 7.92. The lowest BCUT2D eigenvalue weighted by Crippen LogP contribution is -2.14. The Morgan fingerprint density at radius 2 is 1.96 bits per heavy atom. The summed E-state index contributed by atoms with van der Waals surface area (Å²) < 4.78 is 35.0. The third kappa shape index (κ3) is 4.06. The number of nitrogens with one attached hydrogen (secondary N) is 1. The highest BCUT2D eigenvalue weighted by atomic mass is 35.5. The van der Waals surface area contributed by atoms with Crippen molar-refractivity contribution in [2.75, 3.05) is 11.8 Å². The summed E-state index contributed by atoms with van der Waals surface area (Å²) in [7, 11) is -2.49. The molecule has 0 aliphatic rings. The van der Waals surface area contributed by atoms with Gasteiger partial charge in [-0.25, -0.2) is 13.1 Å². The molecule has 0 aliphatic carbocycles. The maximum absolute atomic E-state index is 12.8. The summed E-state index contributed by atoms with van der Waals surface area (Å²) in [6.07, 6.45) is 1.69. The van der Waals surface area contributed by atoms with E-state index in [1.807, 2.05) is 19.9 Å². The average Bonchev–Trinajstić information content (AvgIpc) is 3.11. The number of rotatable bonds is 6. The molecule has 3 aromatic rings. The van der Waals surface area contributed by atoms with Crippen molar-refractivity contribution in [3.63, 3.8) is 0 Å². The van der Waals surface area contributed by atoms with Crippen LogP contribution in [0.3, 0.4) is 0 Å². The fraction of sp³-hybridized carbons (Fsp3) is 0.222. The first kappa shape index (κ1) is 19.2. The molecule has 142 valence electrons. The zero-order chi connectivity index (χ0) is 19.6. The summed E-state index contributed by atoms with van der Waals surface area (Å²) in [6.45, 7) is 4.07. The van der Waals surface area contributed by atoms with Gasteiger partial charge in [0.1, 0.15) is 10.6 Å². The van der Waals surface area contributed by atoms with E-state index < -0.39 is 10.0 Å². The Balaban J connectivity index is 1.97. The highest BCUT2D eigenvalue weighted by Gasteiger charge is 2.20. The molecule has 0 spiro atoms. The number of benzene rings is 2. The summed E-state index contributed by atoms with van der Waals surface area (Å²) >= 11 is 5.96. The Hall–Kier alpha value is -2.58. The monoisotopic (exact) mass is 406 g/mol. The maximum atomic E-state index is 12.8. The van der Waals surface area contributed by atoms with E-state index in [1.165, 1.54) is 19.2 Å². The van der Waals surface area contributed by atoms with Crippen LogP contribution in [-0.4, -0.2) is 30.5 Å². The molecule has 0 amide bonds. The lowest BCUT2D eigenvalue weighted by Gasteiger charge is -2.13. The van der Waals surface area contributed by atoms with Gasteiger partial charge in [-0.15, -0.1) is 5.10 Å². The smallest absolute Gasteiger partial charge is 0.265 e. The lowest BCUT2D eigenvalue weighted by atomic mass is 10.1. The van der Waals surface area contributed by atoms with Gasteiger partial charge in [0.15, 0.2) is 0 Å². The van der Waals surface area contributed by atoms with Gasteiger partial charge >= 0.3 is 0 Å². The minimum Gasteiger partial charge on any atom is -0.495 e. The number of ether oxygens (including phenoxy) is 1. The minimum absolute atomic E-state index is 0.0356. The molecule has 0 bridgehead atoms. The van der Waals surface area contributed by atoms with Crippen molar-refractivity contribution >= 4 is 27.3 Å². The maximum Gasteiger partial charge on any atom is 0.265 e. The van der Waals surface area contributed by atoms with Crippen molar-refractivity contribution in [1.29, 1.82) is 0 Å². The van der Waals surface area contributed by atoms with Gasteiger partial charge < -0.3 is 4.74 Å². The van der Waals surface area contributed by atoms with E-state index in [9.17, 15) is 8.42 Å². The second-order valence-electron chi connectivity index (χ2n) is 6.18. The molecule has 0 aliphatic heterocycles. The first-order valence-electron chi connectivity index (χ1n) is 8.19. The molecule has 0 unspecified atom stereocenters. The zero-order valence-corrected chi connectivity index (χ0v) is 16.6. The van der Waals surface area contributed by atoms with E-state index in [0.717, 1.165) is 5.69 Å². The summed E-state index contributed by atoms with van der Waals surface area (Å²) in [5.41, 5.74) is 2.01. The van der Waals surface area contributed by atoms with Crippen molar-refractivity contribution in [3.8, 4) is 11.4 Å². The van der Waals surface area contributed by atoms with Crippen molar-refractivity contribution in [2.24, 2.45) is 0 Å². The van der Waals surface area contributed by atoms with Crippen LogP contribution in [0, 0.1) is 0 Å². The summed E-state index contributed by atoms with van der Waals surface area (Å²) in [6, 6.07) is 11.3. The number of methoxy groups -OCH3 is 1. The van der Waals surface area contributed by atoms with Crippen LogP contribution >= 0.6 is 11.6 Å². The van der Waals surface area contributed by atoms with Gasteiger partial charge in [0.2, 0.25) is 0 Å². The second kappa shape index (κ2) is 7.58. The summed E-state index contributed by atoms with van der Waals surface area (Å²) in [5, 5.41) is 8.34. The molecule has 0 saturated heterocycles. The quantitative estimate of drug-likeness (QED) is 0.671. The van der Waals surface area contributed by atoms with Crippen LogP contribution in [0.15, 0.2) is 53.6 Å². The van der Waals surface area contributed by atoms with E-state index in [-0.39, 0.29) is 16.6 Å². The summed E-state index contributed by atoms with van der Waals surface area (Å²) in [4.78, 5) is -0.0356. The lowest BCUT2D eigenvalue weighted by molar-refractivity contribution is 0.403. The standard InChI is InChI=1S/C18H19ClN4O3S/c1-12(2)16-11-20-22-23(16)15-6-4-5-14(10-15)21-27(24,25)18-9-13(19)7-8-17(18)26-3/h4-12,21H,1-3H3. The first-order valence-corrected chi connectivity index (χ1v) is 10.1. The Morgan fingerprint density at radius 3 is 2.67 bits per heavy atom. The van der Waals surface area contributed by atoms with Gasteiger partial charge in [0.05, 0.1) is 30.4 Å². The number of aromatic nitrogens is 3. The SMILES string of the molecule is COc1ccc(Cl)cc1S(=O)(=O)Nc1cccc(-n2nncc2C(C)C)c1. The van der Waals surface area contributed by atoms with E-state index in [1.54, 1.807) is 35.1 Å². The number of halogens is 1. The Bertz CT molecular complexity index is 1060. The van der Waals surface area contributed by atoms with E-state index >= 15 is 0 Å². The molecule has 1 aromatic heterocycles. The highest BCUT2D eigenvalue weighted by Crippen LogP contribution is 2.29. The Labute approximate surface area is 163 Å². The van der Waals surface area contributed by atoms with Crippen LogP contribution in [-0.2, 0) is 10.0 Å². The Morgan fingerprint density at radius 1 is 1.19 bits per heavy atom. The van der Waals surface area contributed by atoms with Crippen LogP contribution in [0.2, 0.25) is 5.02 Å². The number of sulfonamides is 1. The van der Waals surface area contributed by atoms with Crippen LogP contribution in [0.5, 0.6) is 5.75 Å². The average molecular weight is 407 g/mol. The van der Waals surface area contributed by atoms with Gasteiger partial charge in [-0.05, 0) is 42.3 Å². The minimum atomic E-state index is -3.90. The van der Waals surface area contributed by atoms with E-state index in [0.29, 0.717) is 16.4 Å². The molecular formula is C18H19ClN4O3S. The van der Waals surface area contributed by atoms with Crippen LogP contribution in [0.25, 0.3) is 5.69 Å². The van der Waals surface area contributed by atoms with E-state index in [2.05, 4.69) is 15.0 Å². The Kier molecular flexibility index (Phi) is 5.38. The number of hydrogen-bond acceptors (Lipinski definition) is 5. The zero-order valence-electron chi connectivity index (χ0n) is 15.0. The fourth-order valence-corrected chi connectivity index (χ4v) is 4.09. The molecule has 1 heterocycles. The number of nitrogens with zero attached hydrogens (tertiary/aromatic N) is 3. The number of anilines is 1. The molecule has 0 atom stereocenters. The summed E-state index contributed by atoms with van der Waals surface area (Å²) in [5.74, 6) is 0.428. The van der Waals surface area contributed by atoms with E-state index in [4.69, 9.17) is 16.3 Å². The molecule has 27 heavy (non-hydrogen) atoms. The number of hydrogen-bond donors (Lipinski definition) is 1. The van der Waals surface area contributed by atoms with Gasteiger partial charge in [-0.2, -0.15) is 0 Å². The molecule has 7 nitrogen and oxygen atoms in total. The predicted octanol–water partition coefficient (Wildman–Crippen LogP) is 3.85. The molecule has 0 fully saturated rings. The topological polar surface area (TPSA) is 86.1 Å². The predicted molar refractivity (Wildman–Crippen MR) is 104 cm³/mol. The largest absolute Gasteiger partial charge is 0.495 e. The third-order valence-corrected chi connectivity index (χ3v) is 5.56. The molecule has 3 rings (SSSR count). The molecule has 0 saturated carbocycles. The third-order valence-electron chi connectivity index (χ3n) is 3.93. The molecule has 2 aromatic carbocycles. The van der Waals surface area contributed by atoms with Gasteiger partial charge in [-0.1, -0.05) is 36.7 Å². The molecule has 9 heteroatoms. The van der Waals surface area contributed by atoms with Crippen LogP contribution < -0.4 is 9.46 Å². The van der Waals surface area contributed by atoms with Crippen molar-refractivity contribution in [1.82, 2.24) is 15.0 Å².